The summed E-state index contributed by atoms with van der Waals surface area (Å²) >= 11 is 0. The molecular weight excluding hydrogens is 336 g/mol. The lowest BCUT2D eigenvalue weighted by atomic mass is 10.0. The van der Waals surface area contributed by atoms with Crippen molar-refractivity contribution in [1.29, 1.82) is 0 Å². The van der Waals surface area contributed by atoms with Gasteiger partial charge in [-0.1, -0.05) is 48.5 Å². The van der Waals surface area contributed by atoms with Crippen molar-refractivity contribution in [1.82, 2.24) is 25.1 Å². The molecule has 0 aliphatic carbocycles. The van der Waals surface area contributed by atoms with Crippen LogP contribution in [0.4, 0.5) is 5.69 Å². The SMILES string of the molecule is CC(C)n1nnnc1[C@H](c1ccccc1)N1CCN(c2ccccc2)CC1. The number of anilines is 1. The van der Waals surface area contributed by atoms with Gasteiger partial charge in [0, 0.05) is 31.9 Å². The molecule has 1 atom stereocenters. The summed E-state index contributed by atoms with van der Waals surface area (Å²) in [6.07, 6.45) is 0. The molecule has 2 heterocycles. The first-order valence-electron chi connectivity index (χ1n) is 9.61. The monoisotopic (exact) mass is 362 g/mol. The number of para-hydroxylation sites is 1. The summed E-state index contributed by atoms with van der Waals surface area (Å²) in [5, 5.41) is 12.6. The summed E-state index contributed by atoms with van der Waals surface area (Å²) in [6, 6.07) is 21.5. The van der Waals surface area contributed by atoms with Crippen molar-refractivity contribution in [2.24, 2.45) is 0 Å². The van der Waals surface area contributed by atoms with Gasteiger partial charge >= 0.3 is 0 Å². The minimum atomic E-state index is 0.0709. The predicted octanol–water partition coefficient (Wildman–Crippen LogP) is 3.17. The highest BCUT2D eigenvalue weighted by molar-refractivity contribution is 5.46. The van der Waals surface area contributed by atoms with Crippen LogP contribution in [0, 0.1) is 0 Å². The Morgan fingerprint density at radius 3 is 2.07 bits per heavy atom. The summed E-state index contributed by atoms with van der Waals surface area (Å²) in [5.41, 5.74) is 2.53. The summed E-state index contributed by atoms with van der Waals surface area (Å²) in [7, 11) is 0. The lowest BCUT2D eigenvalue weighted by molar-refractivity contribution is 0.199. The van der Waals surface area contributed by atoms with Gasteiger partial charge in [0.2, 0.25) is 0 Å². The maximum absolute atomic E-state index is 4.41. The van der Waals surface area contributed by atoms with E-state index >= 15 is 0 Å². The zero-order valence-corrected chi connectivity index (χ0v) is 15.9. The van der Waals surface area contributed by atoms with Crippen LogP contribution < -0.4 is 4.90 Å². The zero-order chi connectivity index (χ0) is 18.6. The van der Waals surface area contributed by atoms with Gasteiger partial charge in [0.15, 0.2) is 5.82 Å². The van der Waals surface area contributed by atoms with Gasteiger partial charge in [0.25, 0.3) is 0 Å². The van der Waals surface area contributed by atoms with Crippen molar-refractivity contribution in [3.63, 3.8) is 0 Å². The highest BCUT2D eigenvalue weighted by Crippen LogP contribution is 2.29. The van der Waals surface area contributed by atoms with Crippen LogP contribution >= 0.6 is 0 Å². The Kier molecular flexibility index (Phi) is 5.16. The Balaban J connectivity index is 1.60. The Hall–Kier alpha value is -2.73. The Morgan fingerprint density at radius 2 is 1.44 bits per heavy atom. The Bertz CT molecular complexity index is 837. The van der Waals surface area contributed by atoms with Crippen molar-refractivity contribution < 1.29 is 0 Å². The van der Waals surface area contributed by atoms with E-state index in [1.54, 1.807) is 0 Å². The third-order valence-electron chi connectivity index (χ3n) is 5.17. The summed E-state index contributed by atoms with van der Waals surface area (Å²) in [5.74, 6) is 0.921. The molecule has 3 aromatic rings. The zero-order valence-electron chi connectivity index (χ0n) is 15.9. The standard InChI is InChI=1S/C21H26N6/c1-17(2)27-21(22-23-24-27)20(18-9-5-3-6-10-18)26-15-13-25(14-16-26)19-11-7-4-8-12-19/h3-12,17,20H,13-16H2,1-2H3/t20-/m0/s1. The third kappa shape index (κ3) is 3.71. The first kappa shape index (κ1) is 17.7. The average molecular weight is 362 g/mol. The van der Waals surface area contributed by atoms with Crippen molar-refractivity contribution in [2.45, 2.75) is 25.9 Å². The first-order valence-corrected chi connectivity index (χ1v) is 9.61. The van der Waals surface area contributed by atoms with Gasteiger partial charge in [-0.05, 0) is 42.0 Å². The van der Waals surface area contributed by atoms with Gasteiger partial charge in [-0.3, -0.25) is 4.90 Å². The van der Waals surface area contributed by atoms with Crippen LogP contribution in [0.25, 0.3) is 0 Å². The Morgan fingerprint density at radius 1 is 0.815 bits per heavy atom. The van der Waals surface area contributed by atoms with Crippen LogP contribution in [-0.2, 0) is 0 Å². The normalized spacial score (nSPS) is 16.6. The quantitative estimate of drug-likeness (QED) is 0.698. The molecule has 6 heteroatoms. The van der Waals surface area contributed by atoms with Crippen LogP contribution in [-0.4, -0.2) is 51.3 Å². The second-order valence-corrected chi connectivity index (χ2v) is 7.25. The number of benzene rings is 2. The van der Waals surface area contributed by atoms with Crippen LogP contribution in [0.3, 0.4) is 0 Å². The molecule has 1 aromatic heterocycles. The van der Waals surface area contributed by atoms with Crippen LogP contribution in [0.1, 0.15) is 37.3 Å². The van der Waals surface area contributed by atoms with Crippen LogP contribution in [0.5, 0.6) is 0 Å². The van der Waals surface area contributed by atoms with Gasteiger partial charge in [0.05, 0.1) is 12.1 Å². The number of hydrogen-bond acceptors (Lipinski definition) is 5. The van der Waals surface area contributed by atoms with Crippen molar-refractivity contribution in [3.8, 4) is 0 Å². The summed E-state index contributed by atoms with van der Waals surface area (Å²) < 4.78 is 1.95. The van der Waals surface area contributed by atoms with Gasteiger partial charge in [0.1, 0.15) is 0 Å². The number of hydrogen-bond donors (Lipinski definition) is 0. The second kappa shape index (κ2) is 7.88. The molecule has 0 amide bonds. The maximum Gasteiger partial charge on any atom is 0.173 e. The molecule has 2 aromatic carbocycles. The fraction of sp³-hybridized carbons (Fsp3) is 0.381. The molecule has 0 bridgehead atoms. The third-order valence-corrected chi connectivity index (χ3v) is 5.17. The van der Waals surface area contributed by atoms with E-state index in [0.29, 0.717) is 0 Å². The fourth-order valence-electron chi connectivity index (χ4n) is 3.78. The van der Waals surface area contributed by atoms with E-state index < -0.39 is 0 Å². The molecule has 0 radical (unpaired) electrons. The van der Waals surface area contributed by atoms with Crippen molar-refractivity contribution in [2.75, 3.05) is 31.1 Å². The molecule has 6 nitrogen and oxygen atoms in total. The maximum atomic E-state index is 4.41. The minimum absolute atomic E-state index is 0.0709. The first-order chi connectivity index (χ1) is 13.2. The molecule has 140 valence electrons. The molecular formula is C21H26N6. The van der Waals surface area contributed by atoms with E-state index in [4.69, 9.17) is 0 Å². The van der Waals surface area contributed by atoms with Crippen molar-refractivity contribution >= 4 is 5.69 Å². The van der Waals surface area contributed by atoms with E-state index in [-0.39, 0.29) is 12.1 Å². The van der Waals surface area contributed by atoms with Gasteiger partial charge in [-0.25, -0.2) is 4.68 Å². The molecule has 0 unspecified atom stereocenters. The molecule has 1 aliphatic heterocycles. The Labute approximate surface area is 160 Å². The average Bonchev–Trinajstić information content (AvgIpc) is 3.20. The van der Waals surface area contributed by atoms with Crippen LogP contribution in [0.2, 0.25) is 0 Å². The lowest BCUT2D eigenvalue weighted by Gasteiger charge is -2.40. The molecule has 27 heavy (non-hydrogen) atoms. The molecule has 0 N–H and O–H groups in total. The molecule has 1 fully saturated rings. The minimum Gasteiger partial charge on any atom is -0.369 e. The van der Waals surface area contributed by atoms with Gasteiger partial charge < -0.3 is 4.90 Å². The van der Waals surface area contributed by atoms with E-state index in [0.717, 1.165) is 32.0 Å². The molecule has 1 saturated heterocycles. The molecule has 0 saturated carbocycles. The fourth-order valence-corrected chi connectivity index (χ4v) is 3.78. The topological polar surface area (TPSA) is 50.1 Å². The second-order valence-electron chi connectivity index (χ2n) is 7.25. The number of nitrogens with zero attached hydrogens (tertiary/aromatic N) is 6. The smallest absolute Gasteiger partial charge is 0.173 e. The largest absolute Gasteiger partial charge is 0.369 e. The molecule has 0 spiro atoms. The van der Waals surface area contributed by atoms with E-state index in [1.165, 1.54) is 11.3 Å². The highest BCUT2D eigenvalue weighted by atomic mass is 15.6. The van der Waals surface area contributed by atoms with E-state index in [1.807, 2.05) is 4.68 Å². The highest BCUT2D eigenvalue weighted by Gasteiger charge is 2.31. The van der Waals surface area contributed by atoms with Gasteiger partial charge in [-0.15, -0.1) is 5.10 Å². The predicted molar refractivity (Wildman–Crippen MR) is 107 cm³/mol. The number of rotatable bonds is 5. The lowest BCUT2D eigenvalue weighted by Crippen LogP contribution is -2.48. The van der Waals surface area contributed by atoms with E-state index in [2.05, 4.69) is 99.8 Å². The van der Waals surface area contributed by atoms with Gasteiger partial charge in [-0.2, -0.15) is 0 Å². The van der Waals surface area contributed by atoms with Crippen molar-refractivity contribution in [3.05, 3.63) is 72.1 Å². The molecule has 1 aliphatic rings. The molecule has 4 rings (SSSR count). The number of piperazine rings is 1. The number of tetrazole rings is 1. The summed E-state index contributed by atoms with van der Waals surface area (Å²) in [6.45, 7) is 8.18. The number of aromatic nitrogens is 4. The summed E-state index contributed by atoms with van der Waals surface area (Å²) in [4.78, 5) is 4.95. The van der Waals surface area contributed by atoms with E-state index in [9.17, 15) is 0 Å². The van der Waals surface area contributed by atoms with Crippen LogP contribution in [0.15, 0.2) is 60.7 Å².